The van der Waals surface area contributed by atoms with Crippen molar-refractivity contribution in [3.8, 4) is 0 Å². The summed E-state index contributed by atoms with van der Waals surface area (Å²) in [7, 11) is 0. The van der Waals surface area contributed by atoms with Crippen molar-refractivity contribution in [2.75, 3.05) is 36.5 Å². The second kappa shape index (κ2) is 7.29. The predicted molar refractivity (Wildman–Crippen MR) is 97.0 cm³/mol. The van der Waals surface area contributed by atoms with Crippen molar-refractivity contribution in [3.05, 3.63) is 54.0 Å². The lowest BCUT2D eigenvalue weighted by atomic mass is 10.1. The molecule has 0 spiro atoms. The second-order valence-electron chi connectivity index (χ2n) is 6.60. The number of hydrogen-bond acceptors (Lipinski definition) is 4. The quantitative estimate of drug-likeness (QED) is 0.884. The molecule has 2 aliphatic rings. The van der Waals surface area contributed by atoms with E-state index in [1.807, 2.05) is 12.1 Å². The Balaban J connectivity index is 1.28. The first kappa shape index (κ1) is 16.8. The molecule has 4 rings (SSSR count). The molecule has 6 nitrogen and oxygen atoms in total. The van der Waals surface area contributed by atoms with Gasteiger partial charge in [-0.3, -0.25) is 0 Å². The van der Waals surface area contributed by atoms with Gasteiger partial charge in [0.25, 0.3) is 0 Å². The average Bonchev–Trinajstić information content (AvgIpc) is 3.42. The maximum absolute atomic E-state index is 13.0. The third-order valence-corrected chi connectivity index (χ3v) is 4.75. The summed E-state index contributed by atoms with van der Waals surface area (Å²) >= 11 is 0. The van der Waals surface area contributed by atoms with Gasteiger partial charge in [0.1, 0.15) is 11.6 Å². The zero-order chi connectivity index (χ0) is 17.9. The van der Waals surface area contributed by atoms with E-state index in [0.717, 1.165) is 30.9 Å². The second-order valence-corrected chi connectivity index (χ2v) is 6.60. The van der Waals surface area contributed by atoms with Crippen LogP contribution in [-0.4, -0.2) is 43.4 Å². The Labute approximate surface area is 151 Å². The molecule has 1 aromatic heterocycles. The molecule has 26 heavy (non-hydrogen) atoms. The number of urea groups is 1. The smallest absolute Gasteiger partial charge is 0.319 e. The average molecular weight is 356 g/mol. The van der Waals surface area contributed by atoms with Crippen molar-refractivity contribution in [2.24, 2.45) is 0 Å². The van der Waals surface area contributed by atoms with E-state index in [-0.39, 0.29) is 23.8 Å². The molecule has 2 fully saturated rings. The molecule has 136 valence electrons. The Morgan fingerprint density at radius 1 is 1.15 bits per heavy atom. The number of morpholine rings is 1. The molecule has 2 N–H and O–H groups in total. The number of nitrogens with zero attached hydrogens (tertiary/aromatic N) is 2. The van der Waals surface area contributed by atoms with E-state index in [9.17, 15) is 9.18 Å². The predicted octanol–water partition coefficient (Wildman–Crippen LogP) is 2.73. The number of pyridine rings is 1. The molecule has 0 bridgehead atoms. The number of hydrogen-bond donors (Lipinski definition) is 2. The third-order valence-electron chi connectivity index (χ3n) is 4.75. The van der Waals surface area contributed by atoms with Crippen LogP contribution in [0.4, 0.5) is 20.7 Å². The summed E-state index contributed by atoms with van der Waals surface area (Å²) in [5.74, 6) is 0.894. The minimum absolute atomic E-state index is 0.0843. The number of nitrogens with one attached hydrogen (secondary N) is 2. The van der Waals surface area contributed by atoms with Crippen LogP contribution in [0.5, 0.6) is 0 Å². The van der Waals surface area contributed by atoms with Crippen LogP contribution in [0.1, 0.15) is 17.9 Å². The van der Waals surface area contributed by atoms with Crippen molar-refractivity contribution in [1.29, 1.82) is 0 Å². The minimum Gasteiger partial charge on any atom is -0.378 e. The van der Waals surface area contributed by atoms with Gasteiger partial charge in [0.15, 0.2) is 0 Å². The van der Waals surface area contributed by atoms with Gasteiger partial charge >= 0.3 is 6.03 Å². The first-order valence-corrected chi connectivity index (χ1v) is 8.81. The number of ether oxygens (including phenoxy) is 1. The number of carbonyl (C=O) groups is 1. The third kappa shape index (κ3) is 3.94. The Bertz CT molecular complexity index is 760. The Hall–Kier alpha value is -2.67. The van der Waals surface area contributed by atoms with Gasteiger partial charge in [0.05, 0.1) is 25.1 Å². The molecule has 2 heterocycles. The molecule has 0 radical (unpaired) electrons. The van der Waals surface area contributed by atoms with E-state index in [2.05, 4.69) is 20.5 Å². The van der Waals surface area contributed by atoms with Gasteiger partial charge in [0, 0.05) is 25.0 Å². The summed E-state index contributed by atoms with van der Waals surface area (Å²) in [5.41, 5.74) is 1.70. The molecule has 1 aliphatic carbocycles. The molecule has 7 heteroatoms. The van der Waals surface area contributed by atoms with Crippen molar-refractivity contribution < 1.29 is 13.9 Å². The normalized spacial score (nSPS) is 22.0. The van der Waals surface area contributed by atoms with Crippen LogP contribution in [-0.2, 0) is 4.74 Å². The van der Waals surface area contributed by atoms with Crippen LogP contribution in [0.3, 0.4) is 0 Å². The number of aromatic nitrogens is 1. The van der Waals surface area contributed by atoms with E-state index in [1.165, 1.54) is 12.1 Å². The highest BCUT2D eigenvalue weighted by atomic mass is 19.1. The summed E-state index contributed by atoms with van der Waals surface area (Å²) in [6, 6.07) is 10.0. The van der Waals surface area contributed by atoms with Gasteiger partial charge < -0.3 is 20.3 Å². The van der Waals surface area contributed by atoms with E-state index in [4.69, 9.17) is 4.74 Å². The van der Waals surface area contributed by atoms with Crippen LogP contribution in [0.15, 0.2) is 42.6 Å². The summed E-state index contributed by atoms with van der Waals surface area (Å²) in [6.07, 6.45) is 2.53. The number of rotatable bonds is 4. The first-order valence-electron chi connectivity index (χ1n) is 8.81. The van der Waals surface area contributed by atoms with Crippen LogP contribution in [0, 0.1) is 5.82 Å². The highest BCUT2D eigenvalue weighted by Crippen LogP contribution is 2.40. The van der Waals surface area contributed by atoms with Crippen LogP contribution >= 0.6 is 0 Å². The van der Waals surface area contributed by atoms with Gasteiger partial charge in [-0.15, -0.1) is 0 Å². The fraction of sp³-hybridized carbons (Fsp3) is 0.368. The van der Waals surface area contributed by atoms with Crippen molar-refractivity contribution >= 4 is 17.5 Å². The van der Waals surface area contributed by atoms with E-state index < -0.39 is 0 Å². The molecule has 1 saturated carbocycles. The Kier molecular flexibility index (Phi) is 4.71. The molecule has 1 saturated heterocycles. The molecule has 0 unspecified atom stereocenters. The molecule has 1 aliphatic heterocycles. The monoisotopic (exact) mass is 356 g/mol. The lowest BCUT2D eigenvalue weighted by molar-refractivity contribution is 0.122. The maximum atomic E-state index is 13.0. The van der Waals surface area contributed by atoms with Gasteiger partial charge in [-0.1, -0.05) is 12.1 Å². The Morgan fingerprint density at radius 3 is 2.62 bits per heavy atom. The largest absolute Gasteiger partial charge is 0.378 e. The standard InChI is InChI=1S/C19H21FN4O2/c20-14-3-1-13(2-4-14)16-11-17(16)23-19(25)22-15-5-6-18(21-12-15)24-7-9-26-10-8-24/h1-6,12,16-17H,7-11H2,(H2,22,23,25)/t16-,17+/m1/s1. The number of benzene rings is 1. The SMILES string of the molecule is O=C(Nc1ccc(N2CCOCC2)nc1)N[C@H]1C[C@@H]1c1ccc(F)cc1. The highest BCUT2D eigenvalue weighted by molar-refractivity contribution is 5.89. The van der Waals surface area contributed by atoms with E-state index in [0.29, 0.717) is 18.9 Å². The van der Waals surface area contributed by atoms with Crippen LogP contribution < -0.4 is 15.5 Å². The topological polar surface area (TPSA) is 66.5 Å². The van der Waals surface area contributed by atoms with E-state index in [1.54, 1.807) is 18.3 Å². The fourth-order valence-corrected chi connectivity index (χ4v) is 3.21. The first-order chi connectivity index (χ1) is 12.7. The summed E-state index contributed by atoms with van der Waals surface area (Å²) in [5, 5.41) is 5.75. The number of halogens is 1. The number of anilines is 2. The summed E-state index contributed by atoms with van der Waals surface area (Å²) in [4.78, 5) is 18.7. The van der Waals surface area contributed by atoms with Crippen LogP contribution in [0.25, 0.3) is 0 Å². The van der Waals surface area contributed by atoms with Crippen molar-refractivity contribution in [2.45, 2.75) is 18.4 Å². The molecule has 2 aromatic rings. The number of carbonyl (C=O) groups excluding carboxylic acids is 1. The lowest BCUT2D eigenvalue weighted by Crippen LogP contribution is -2.36. The van der Waals surface area contributed by atoms with Gasteiger partial charge in [-0.2, -0.15) is 0 Å². The van der Waals surface area contributed by atoms with Gasteiger partial charge in [-0.05, 0) is 36.2 Å². The van der Waals surface area contributed by atoms with E-state index >= 15 is 0 Å². The Morgan fingerprint density at radius 2 is 1.92 bits per heavy atom. The van der Waals surface area contributed by atoms with Crippen molar-refractivity contribution in [3.63, 3.8) is 0 Å². The fourth-order valence-electron chi connectivity index (χ4n) is 3.21. The minimum atomic E-state index is -0.250. The summed E-state index contributed by atoms with van der Waals surface area (Å²) < 4.78 is 18.3. The molecular weight excluding hydrogens is 335 g/mol. The van der Waals surface area contributed by atoms with Gasteiger partial charge in [-0.25, -0.2) is 14.2 Å². The van der Waals surface area contributed by atoms with Gasteiger partial charge in [0.2, 0.25) is 0 Å². The molecule has 2 amide bonds. The molecule has 2 atom stereocenters. The van der Waals surface area contributed by atoms with Crippen molar-refractivity contribution in [1.82, 2.24) is 10.3 Å². The summed E-state index contributed by atoms with van der Waals surface area (Å²) in [6.45, 7) is 3.07. The zero-order valence-electron chi connectivity index (χ0n) is 14.3. The molecule has 1 aromatic carbocycles. The zero-order valence-corrected chi connectivity index (χ0v) is 14.3. The highest BCUT2D eigenvalue weighted by Gasteiger charge is 2.39. The van der Waals surface area contributed by atoms with Crippen LogP contribution in [0.2, 0.25) is 0 Å². The number of amides is 2. The molecular formula is C19H21FN4O2. The lowest BCUT2D eigenvalue weighted by Gasteiger charge is -2.27. The maximum Gasteiger partial charge on any atom is 0.319 e.